The fraction of sp³-hybridized carbons (Fsp3) is 1.00. The molecule has 0 amide bonds. The van der Waals surface area contributed by atoms with Gasteiger partial charge < -0.3 is 10.4 Å². The Morgan fingerprint density at radius 2 is 1.61 bits per heavy atom. The molecule has 0 aromatic rings. The molecule has 1 saturated carbocycles. The quantitative estimate of drug-likeness (QED) is 0.784. The van der Waals surface area contributed by atoms with Gasteiger partial charge in [0.1, 0.15) is 0 Å². The first-order chi connectivity index (χ1) is 8.16. The van der Waals surface area contributed by atoms with Gasteiger partial charge in [-0.05, 0) is 57.8 Å². The largest absolute Gasteiger partial charge is 0.389 e. The smallest absolute Gasteiger partial charge is 0.0741 e. The van der Waals surface area contributed by atoms with E-state index in [4.69, 9.17) is 0 Å². The molecule has 0 aliphatic heterocycles. The molecule has 1 aliphatic carbocycles. The van der Waals surface area contributed by atoms with E-state index in [1.807, 2.05) is 13.8 Å². The van der Waals surface area contributed by atoms with Crippen molar-refractivity contribution in [2.24, 2.45) is 11.3 Å². The van der Waals surface area contributed by atoms with Crippen molar-refractivity contribution in [2.75, 3.05) is 0 Å². The predicted molar refractivity (Wildman–Crippen MR) is 78.7 cm³/mol. The number of aliphatic hydroxyl groups is 1. The van der Waals surface area contributed by atoms with Crippen LogP contribution in [0.25, 0.3) is 0 Å². The minimum absolute atomic E-state index is 0.165. The van der Waals surface area contributed by atoms with Crippen molar-refractivity contribution in [3.8, 4) is 0 Å². The Bertz CT molecular complexity index is 246. The highest BCUT2D eigenvalue weighted by Crippen LogP contribution is 2.40. The van der Waals surface area contributed by atoms with E-state index in [1.165, 1.54) is 32.1 Å². The number of nitrogens with one attached hydrogen (secondary N) is 1. The van der Waals surface area contributed by atoms with Crippen LogP contribution in [-0.4, -0.2) is 22.8 Å². The third-order valence-corrected chi connectivity index (χ3v) is 5.29. The maximum atomic E-state index is 9.97. The van der Waals surface area contributed by atoms with Crippen molar-refractivity contribution in [1.29, 1.82) is 0 Å². The van der Waals surface area contributed by atoms with E-state index in [1.54, 1.807) is 0 Å². The van der Waals surface area contributed by atoms with Gasteiger partial charge in [-0.1, -0.05) is 27.2 Å². The molecule has 1 unspecified atom stereocenters. The maximum absolute atomic E-state index is 9.97. The topological polar surface area (TPSA) is 32.3 Å². The molecular formula is C16H33NO. The molecule has 2 N–H and O–H groups in total. The summed E-state index contributed by atoms with van der Waals surface area (Å²) in [5, 5.41) is 13.6. The summed E-state index contributed by atoms with van der Waals surface area (Å²) >= 11 is 0. The summed E-state index contributed by atoms with van der Waals surface area (Å²) < 4.78 is 0. The van der Waals surface area contributed by atoms with Crippen LogP contribution in [-0.2, 0) is 0 Å². The Morgan fingerprint density at radius 1 is 1.11 bits per heavy atom. The normalized spacial score (nSPS) is 28.2. The van der Waals surface area contributed by atoms with Crippen LogP contribution in [0.5, 0.6) is 0 Å². The highest BCUT2D eigenvalue weighted by atomic mass is 16.3. The summed E-state index contributed by atoms with van der Waals surface area (Å²) in [5.74, 6) is 0.873. The summed E-state index contributed by atoms with van der Waals surface area (Å²) in [7, 11) is 0. The van der Waals surface area contributed by atoms with Gasteiger partial charge in [0, 0.05) is 12.1 Å². The van der Waals surface area contributed by atoms with Crippen LogP contribution in [0.4, 0.5) is 0 Å². The monoisotopic (exact) mass is 255 g/mol. The van der Waals surface area contributed by atoms with Crippen molar-refractivity contribution in [2.45, 2.75) is 91.3 Å². The molecule has 108 valence electrons. The van der Waals surface area contributed by atoms with Crippen molar-refractivity contribution < 1.29 is 5.11 Å². The molecule has 0 bridgehead atoms. The van der Waals surface area contributed by atoms with Gasteiger partial charge in [-0.3, -0.25) is 0 Å². The van der Waals surface area contributed by atoms with E-state index >= 15 is 0 Å². The standard InChI is InChI=1S/C16H33NO/c1-7-15(3,4)13-8-10-14(11-9-13)17-12(2)16(5,6)18/h12-14,17-18H,7-11H2,1-6H3. The molecule has 1 atom stereocenters. The van der Waals surface area contributed by atoms with Crippen molar-refractivity contribution in [3.05, 3.63) is 0 Å². The van der Waals surface area contributed by atoms with Gasteiger partial charge in [-0.2, -0.15) is 0 Å². The van der Waals surface area contributed by atoms with Crippen LogP contribution in [0, 0.1) is 11.3 Å². The molecule has 18 heavy (non-hydrogen) atoms. The number of hydrogen-bond acceptors (Lipinski definition) is 2. The third-order valence-electron chi connectivity index (χ3n) is 5.29. The second-order valence-electron chi connectivity index (χ2n) is 7.43. The SMILES string of the molecule is CCC(C)(C)C1CCC(NC(C)C(C)(C)O)CC1. The highest BCUT2D eigenvalue weighted by molar-refractivity contribution is 4.88. The molecule has 1 rings (SSSR count). The predicted octanol–water partition coefficient (Wildman–Crippen LogP) is 3.73. The molecule has 1 fully saturated rings. The Hall–Kier alpha value is -0.0800. The van der Waals surface area contributed by atoms with E-state index in [0.717, 1.165) is 5.92 Å². The lowest BCUT2D eigenvalue weighted by Gasteiger charge is -2.40. The molecule has 0 spiro atoms. The zero-order chi connectivity index (χ0) is 14.0. The second kappa shape index (κ2) is 5.92. The Kier molecular flexibility index (Phi) is 5.25. The minimum atomic E-state index is -0.625. The Morgan fingerprint density at radius 3 is 2.00 bits per heavy atom. The van der Waals surface area contributed by atoms with Crippen molar-refractivity contribution in [1.82, 2.24) is 5.32 Å². The average molecular weight is 255 g/mol. The van der Waals surface area contributed by atoms with E-state index in [-0.39, 0.29) is 6.04 Å². The van der Waals surface area contributed by atoms with Crippen LogP contribution in [0.3, 0.4) is 0 Å². The zero-order valence-electron chi connectivity index (χ0n) is 13.2. The van der Waals surface area contributed by atoms with Crippen LogP contribution in [0.1, 0.15) is 73.6 Å². The molecule has 0 aromatic carbocycles. The van der Waals surface area contributed by atoms with Crippen molar-refractivity contribution >= 4 is 0 Å². The third kappa shape index (κ3) is 4.24. The average Bonchev–Trinajstić information content (AvgIpc) is 2.28. The maximum Gasteiger partial charge on any atom is 0.0741 e. The van der Waals surface area contributed by atoms with E-state index in [9.17, 15) is 5.11 Å². The van der Waals surface area contributed by atoms with Gasteiger partial charge in [0.05, 0.1) is 5.60 Å². The van der Waals surface area contributed by atoms with Gasteiger partial charge in [-0.15, -0.1) is 0 Å². The van der Waals surface area contributed by atoms with E-state index in [2.05, 4.69) is 33.0 Å². The first-order valence-electron chi connectivity index (χ1n) is 7.65. The summed E-state index contributed by atoms with van der Waals surface area (Å²) in [5.41, 5.74) is -0.133. The van der Waals surface area contributed by atoms with E-state index in [0.29, 0.717) is 11.5 Å². The molecular weight excluding hydrogens is 222 g/mol. The van der Waals surface area contributed by atoms with Crippen LogP contribution in [0.15, 0.2) is 0 Å². The Balaban J connectivity index is 2.41. The van der Waals surface area contributed by atoms with Gasteiger partial charge in [0.25, 0.3) is 0 Å². The lowest BCUT2D eigenvalue weighted by atomic mass is 9.69. The van der Waals surface area contributed by atoms with Gasteiger partial charge in [0.15, 0.2) is 0 Å². The van der Waals surface area contributed by atoms with Crippen molar-refractivity contribution in [3.63, 3.8) is 0 Å². The number of hydrogen-bond donors (Lipinski definition) is 2. The second-order valence-corrected chi connectivity index (χ2v) is 7.43. The fourth-order valence-corrected chi connectivity index (χ4v) is 2.89. The molecule has 2 nitrogen and oxygen atoms in total. The fourth-order valence-electron chi connectivity index (χ4n) is 2.89. The lowest BCUT2D eigenvalue weighted by Crippen LogP contribution is -2.50. The number of rotatable bonds is 5. The molecule has 0 aromatic heterocycles. The van der Waals surface area contributed by atoms with Gasteiger partial charge in [0.2, 0.25) is 0 Å². The van der Waals surface area contributed by atoms with Crippen LogP contribution in [0.2, 0.25) is 0 Å². The molecule has 0 radical (unpaired) electrons. The zero-order valence-corrected chi connectivity index (χ0v) is 13.2. The first-order valence-corrected chi connectivity index (χ1v) is 7.65. The van der Waals surface area contributed by atoms with Crippen LogP contribution < -0.4 is 5.32 Å². The van der Waals surface area contributed by atoms with E-state index < -0.39 is 5.60 Å². The van der Waals surface area contributed by atoms with Gasteiger partial charge >= 0.3 is 0 Å². The Labute approximate surface area is 114 Å². The lowest BCUT2D eigenvalue weighted by molar-refractivity contribution is 0.0339. The van der Waals surface area contributed by atoms with Crippen LogP contribution >= 0.6 is 0 Å². The summed E-state index contributed by atoms with van der Waals surface area (Å²) in [4.78, 5) is 0. The molecule has 0 heterocycles. The first kappa shape index (κ1) is 16.0. The highest BCUT2D eigenvalue weighted by Gasteiger charge is 2.33. The summed E-state index contributed by atoms with van der Waals surface area (Å²) in [6, 6.07) is 0.758. The summed E-state index contributed by atoms with van der Waals surface area (Å²) in [6.07, 6.45) is 6.45. The minimum Gasteiger partial charge on any atom is -0.389 e. The molecule has 0 saturated heterocycles. The summed E-state index contributed by atoms with van der Waals surface area (Å²) in [6.45, 7) is 13.0. The molecule has 2 heteroatoms. The van der Waals surface area contributed by atoms with Gasteiger partial charge in [-0.25, -0.2) is 0 Å². The molecule has 1 aliphatic rings.